The Morgan fingerprint density at radius 3 is 2.71 bits per heavy atom. The van der Waals surface area contributed by atoms with Gasteiger partial charge in [0.15, 0.2) is 11.5 Å². The van der Waals surface area contributed by atoms with Gasteiger partial charge in [-0.25, -0.2) is 5.43 Å². The molecule has 0 saturated carbocycles. The third-order valence-corrected chi connectivity index (χ3v) is 3.50. The topological polar surface area (TPSA) is 103 Å². The summed E-state index contributed by atoms with van der Waals surface area (Å²) in [4.78, 5) is 11.1. The minimum atomic E-state index is -0.679. The number of hydrogen-bond acceptors (Lipinski definition) is 6. The molecule has 1 aromatic rings. The quantitative estimate of drug-likeness (QED) is 0.624. The van der Waals surface area contributed by atoms with Crippen molar-refractivity contribution >= 4 is 11.6 Å². The zero-order valence-electron chi connectivity index (χ0n) is 14.3. The molecular formula is C17H25N3O4. The first kappa shape index (κ1) is 18.2. The van der Waals surface area contributed by atoms with Crippen molar-refractivity contribution in [1.82, 2.24) is 10.7 Å². The number of hydrazone groups is 1. The SMILES string of the molecule is CC(C)(C)NCC(O)COc1ccc(C2=NNC(=O)CC2)cc1O. The first-order chi connectivity index (χ1) is 11.2. The Bertz CT molecular complexity index is 623. The fraction of sp³-hybridized carbons (Fsp3) is 0.529. The first-order valence-electron chi connectivity index (χ1n) is 7.99. The van der Waals surface area contributed by atoms with E-state index in [0.717, 1.165) is 5.56 Å². The van der Waals surface area contributed by atoms with E-state index in [2.05, 4.69) is 15.8 Å². The van der Waals surface area contributed by atoms with E-state index in [-0.39, 0.29) is 23.8 Å². The van der Waals surface area contributed by atoms with Gasteiger partial charge in [0.1, 0.15) is 12.7 Å². The lowest BCUT2D eigenvalue weighted by Crippen LogP contribution is -2.42. The van der Waals surface area contributed by atoms with Crippen molar-refractivity contribution in [3.63, 3.8) is 0 Å². The van der Waals surface area contributed by atoms with Crippen molar-refractivity contribution in [1.29, 1.82) is 0 Å². The molecule has 0 aromatic heterocycles. The monoisotopic (exact) mass is 335 g/mol. The third-order valence-electron chi connectivity index (χ3n) is 3.50. The summed E-state index contributed by atoms with van der Waals surface area (Å²) in [5, 5.41) is 27.2. The second-order valence-corrected chi connectivity index (χ2v) is 6.87. The van der Waals surface area contributed by atoms with Gasteiger partial charge in [0.05, 0.1) is 5.71 Å². The van der Waals surface area contributed by atoms with Crippen molar-refractivity contribution in [2.75, 3.05) is 13.2 Å². The van der Waals surface area contributed by atoms with Crippen LogP contribution < -0.4 is 15.5 Å². The fourth-order valence-corrected chi connectivity index (χ4v) is 2.17. The van der Waals surface area contributed by atoms with Gasteiger partial charge in [-0.3, -0.25) is 4.79 Å². The number of aliphatic hydroxyl groups excluding tert-OH is 1. The molecule has 0 fully saturated rings. The van der Waals surface area contributed by atoms with Crippen LogP contribution >= 0.6 is 0 Å². The number of β-amino-alcohol motifs (C(OH)–C–C–N with tert-alkyl or cyclic N) is 1. The van der Waals surface area contributed by atoms with Gasteiger partial charge < -0.3 is 20.3 Å². The molecule has 24 heavy (non-hydrogen) atoms. The van der Waals surface area contributed by atoms with Crippen LogP contribution in [0.5, 0.6) is 11.5 Å². The normalized spacial score (nSPS) is 16.3. The van der Waals surface area contributed by atoms with Crippen LogP contribution in [0, 0.1) is 0 Å². The average Bonchev–Trinajstić information content (AvgIpc) is 2.52. The summed E-state index contributed by atoms with van der Waals surface area (Å²) in [7, 11) is 0. The molecule has 1 aromatic carbocycles. The maximum Gasteiger partial charge on any atom is 0.240 e. The summed E-state index contributed by atoms with van der Waals surface area (Å²) >= 11 is 0. The summed E-state index contributed by atoms with van der Waals surface area (Å²) in [6, 6.07) is 4.95. The van der Waals surface area contributed by atoms with Crippen molar-refractivity contribution < 1.29 is 19.7 Å². The highest BCUT2D eigenvalue weighted by molar-refractivity contribution is 6.04. The molecule has 1 amide bonds. The number of nitrogens with one attached hydrogen (secondary N) is 2. The number of carbonyl (C=O) groups is 1. The molecule has 0 saturated heterocycles. The lowest BCUT2D eigenvalue weighted by Gasteiger charge is -2.23. The second kappa shape index (κ2) is 7.63. The minimum Gasteiger partial charge on any atom is -0.504 e. The molecule has 132 valence electrons. The number of phenolic OH excluding ortho intramolecular Hbond substituents is 1. The van der Waals surface area contributed by atoms with Gasteiger partial charge in [-0.05, 0) is 39.0 Å². The summed E-state index contributed by atoms with van der Waals surface area (Å²) in [5.41, 5.74) is 3.79. The van der Waals surface area contributed by atoms with Gasteiger partial charge in [0, 0.05) is 30.5 Å². The minimum absolute atomic E-state index is 0.0249. The van der Waals surface area contributed by atoms with E-state index in [1.807, 2.05) is 20.8 Å². The number of aromatic hydroxyl groups is 1. The van der Waals surface area contributed by atoms with Gasteiger partial charge in [-0.15, -0.1) is 0 Å². The molecule has 4 N–H and O–H groups in total. The Hall–Kier alpha value is -2.12. The average molecular weight is 335 g/mol. The molecule has 0 bridgehead atoms. The van der Waals surface area contributed by atoms with E-state index in [1.54, 1.807) is 18.2 Å². The highest BCUT2D eigenvalue weighted by atomic mass is 16.5. The number of benzene rings is 1. The summed E-state index contributed by atoms with van der Waals surface area (Å²) < 4.78 is 5.47. The predicted octanol–water partition coefficient (Wildman–Crippen LogP) is 1.13. The van der Waals surface area contributed by atoms with Crippen LogP contribution in [0.2, 0.25) is 0 Å². The maximum atomic E-state index is 11.1. The number of rotatable bonds is 6. The van der Waals surface area contributed by atoms with Crippen molar-refractivity contribution in [2.24, 2.45) is 5.10 Å². The third kappa shape index (κ3) is 5.50. The Balaban J connectivity index is 1.92. The van der Waals surface area contributed by atoms with E-state index >= 15 is 0 Å². The largest absolute Gasteiger partial charge is 0.504 e. The first-order valence-corrected chi connectivity index (χ1v) is 7.99. The fourth-order valence-electron chi connectivity index (χ4n) is 2.17. The van der Waals surface area contributed by atoms with E-state index in [0.29, 0.717) is 30.8 Å². The summed E-state index contributed by atoms with van der Waals surface area (Å²) in [5.74, 6) is 0.165. The molecule has 7 nitrogen and oxygen atoms in total. The van der Waals surface area contributed by atoms with Crippen LogP contribution in [0.4, 0.5) is 0 Å². The highest BCUT2D eigenvalue weighted by Gasteiger charge is 2.16. The van der Waals surface area contributed by atoms with Crippen LogP contribution in [0.1, 0.15) is 39.2 Å². The molecular weight excluding hydrogens is 310 g/mol. The van der Waals surface area contributed by atoms with Crippen LogP contribution in [-0.4, -0.2) is 46.6 Å². The maximum absolute atomic E-state index is 11.1. The molecule has 1 heterocycles. The summed E-state index contributed by atoms with van der Waals surface area (Å²) in [6.07, 6.45) is 0.231. The van der Waals surface area contributed by atoms with E-state index in [9.17, 15) is 15.0 Å². The molecule has 0 aliphatic carbocycles. The molecule has 1 unspecified atom stereocenters. The smallest absolute Gasteiger partial charge is 0.240 e. The highest BCUT2D eigenvalue weighted by Crippen LogP contribution is 2.28. The number of aliphatic hydroxyl groups is 1. The Kier molecular flexibility index (Phi) is 5.80. The van der Waals surface area contributed by atoms with E-state index in [1.165, 1.54) is 0 Å². The zero-order chi connectivity index (χ0) is 17.7. The van der Waals surface area contributed by atoms with E-state index in [4.69, 9.17) is 4.74 Å². The molecule has 0 radical (unpaired) electrons. The number of nitrogens with zero attached hydrogens (tertiary/aromatic N) is 1. The molecule has 7 heteroatoms. The molecule has 1 atom stereocenters. The number of carbonyl (C=O) groups excluding carboxylic acids is 1. The Morgan fingerprint density at radius 1 is 1.38 bits per heavy atom. The van der Waals surface area contributed by atoms with Crippen molar-refractivity contribution in [3.8, 4) is 11.5 Å². The number of hydrogen-bond donors (Lipinski definition) is 4. The van der Waals surface area contributed by atoms with Crippen LogP contribution in [0.3, 0.4) is 0 Å². The molecule has 1 aliphatic rings. The molecule has 0 spiro atoms. The standard InChI is InChI=1S/C17H25N3O4/c1-17(2,3)18-9-12(21)10-24-15-6-4-11(8-14(15)22)13-5-7-16(23)20-19-13/h4,6,8,12,18,21-22H,5,7,9-10H2,1-3H3,(H,20,23). The van der Waals surface area contributed by atoms with Gasteiger partial charge in [0.2, 0.25) is 5.91 Å². The van der Waals surface area contributed by atoms with E-state index < -0.39 is 6.10 Å². The van der Waals surface area contributed by atoms with Gasteiger partial charge in [0.25, 0.3) is 0 Å². The summed E-state index contributed by atoms with van der Waals surface area (Å²) in [6.45, 7) is 6.52. The molecule has 1 aliphatic heterocycles. The van der Waals surface area contributed by atoms with Crippen LogP contribution in [-0.2, 0) is 4.79 Å². The van der Waals surface area contributed by atoms with Gasteiger partial charge in [-0.1, -0.05) is 0 Å². The van der Waals surface area contributed by atoms with Crippen molar-refractivity contribution in [2.45, 2.75) is 45.3 Å². The van der Waals surface area contributed by atoms with Crippen molar-refractivity contribution in [3.05, 3.63) is 23.8 Å². The Labute approximate surface area is 141 Å². The van der Waals surface area contributed by atoms with Crippen LogP contribution in [0.15, 0.2) is 23.3 Å². The number of ether oxygens (including phenoxy) is 1. The Morgan fingerprint density at radius 2 is 2.12 bits per heavy atom. The zero-order valence-corrected chi connectivity index (χ0v) is 14.3. The number of amides is 1. The lowest BCUT2D eigenvalue weighted by atomic mass is 10.0. The predicted molar refractivity (Wildman–Crippen MR) is 91.3 cm³/mol. The second-order valence-electron chi connectivity index (χ2n) is 6.87. The number of phenols is 1. The van der Waals surface area contributed by atoms with Gasteiger partial charge in [-0.2, -0.15) is 5.10 Å². The van der Waals surface area contributed by atoms with Crippen LogP contribution in [0.25, 0.3) is 0 Å². The molecule has 2 rings (SSSR count). The lowest BCUT2D eigenvalue weighted by molar-refractivity contribution is -0.121. The van der Waals surface area contributed by atoms with Gasteiger partial charge >= 0.3 is 0 Å².